The third kappa shape index (κ3) is 1.99. The topological polar surface area (TPSA) is 42.4 Å². The van der Waals surface area contributed by atoms with Gasteiger partial charge in [0.15, 0.2) is 6.29 Å². The molecule has 0 amide bonds. The number of anilines is 1. The van der Waals surface area contributed by atoms with Gasteiger partial charge in [0.2, 0.25) is 0 Å². The molecule has 0 aromatic carbocycles. The van der Waals surface area contributed by atoms with E-state index < -0.39 is 0 Å². The number of ether oxygens (including phenoxy) is 1. The number of aryl methyl sites for hydroxylation is 1. The lowest BCUT2D eigenvalue weighted by molar-refractivity contribution is 0.111. The molecular formula is C11H14N2O2. The highest BCUT2D eigenvalue weighted by atomic mass is 16.5. The molecule has 80 valence electrons. The maximum Gasteiger partial charge on any atom is 0.154 e. The zero-order valence-electron chi connectivity index (χ0n) is 8.77. The summed E-state index contributed by atoms with van der Waals surface area (Å²) in [5.74, 6) is 0.785. The van der Waals surface area contributed by atoms with Crippen LogP contribution in [0.2, 0.25) is 0 Å². The van der Waals surface area contributed by atoms with Crippen molar-refractivity contribution in [3.05, 3.63) is 23.4 Å². The fourth-order valence-corrected chi connectivity index (χ4v) is 1.73. The standard InChI is InChI=1S/C11H14N2O2/c1-9-2-3-12-11(10(9)8-14)13-4-6-15-7-5-13/h2-3,8H,4-7H2,1H3. The van der Waals surface area contributed by atoms with Gasteiger partial charge in [-0.05, 0) is 18.6 Å². The van der Waals surface area contributed by atoms with Crippen molar-refractivity contribution in [2.45, 2.75) is 6.92 Å². The number of morpholine rings is 1. The zero-order chi connectivity index (χ0) is 10.7. The smallest absolute Gasteiger partial charge is 0.154 e. The van der Waals surface area contributed by atoms with Crippen LogP contribution in [-0.4, -0.2) is 37.6 Å². The number of hydrogen-bond acceptors (Lipinski definition) is 4. The van der Waals surface area contributed by atoms with Crippen molar-refractivity contribution in [3.8, 4) is 0 Å². The van der Waals surface area contributed by atoms with E-state index in [1.807, 2.05) is 13.0 Å². The highest BCUT2D eigenvalue weighted by Crippen LogP contribution is 2.19. The SMILES string of the molecule is Cc1ccnc(N2CCOCC2)c1C=O. The first-order valence-corrected chi connectivity index (χ1v) is 5.06. The average molecular weight is 206 g/mol. The van der Waals surface area contributed by atoms with E-state index in [0.717, 1.165) is 30.8 Å². The second-order valence-corrected chi connectivity index (χ2v) is 3.58. The van der Waals surface area contributed by atoms with Crippen molar-refractivity contribution in [1.29, 1.82) is 0 Å². The maximum atomic E-state index is 11.0. The van der Waals surface area contributed by atoms with E-state index in [4.69, 9.17) is 4.74 Å². The highest BCUT2D eigenvalue weighted by Gasteiger charge is 2.16. The lowest BCUT2D eigenvalue weighted by Gasteiger charge is -2.28. The predicted octanol–water partition coefficient (Wildman–Crippen LogP) is 1.04. The predicted molar refractivity (Wildman–Crippen MR) is 57.4 cm³/mol. The molecule has 0 spiro atoms. The van der Waals surface area contributed by atoms with Gasteiger partial charge in [0.1, 0.15) is 5.82 Å². The Bertz CT molecular complexity index is 360. The Hall–Kier alpha value is -1.42. The van der Waals surface area contributed by atoms with Crippen molar-refractivity contribution < 1.29 is 9.53 Å². The normalized spacial score (nSPS) is 16.5. The Morgan fingerprint density at radius 1 is 1.47 bits per heavy atom. The molecule has 0 aliphatic carbocycles. The van der Waals surface area contributed by atoms with E-state index in [0.29, 0.717) is 18.8 Å². The van der Waals surface area contributed by atoms with Crippen molar-refractivity contribution in [2.75, 3.05) is 31.2 Å². The number of rotatable bonds is 2. The van der Waals surface area contributed by atoms with E-state index in [9.17, 15) is 4.79 Å². The molecule has 15 heavy (non-hydrogen) atoms. The van der Waals surface area contributed by atoms with Crippen molar-refractivity contribution >= 4 is 12.1 Å². The molecule has 1 aliphatic rings. The Kier molecular flexibility index (Phi) is 2.97. The van der Waals surface area contributed by atoms with Gasteiger partial charge < -0.3 is 9.64 Å². The van der Waals surface area contributed by atoms with Crippen LogP contribution in [0.4, 0.5) is 5.82 Å². The number of pyridine rings is 1. The van der Waals surface area contributed by atoms with Crippen LogP contribution in [0.25, 0.3) is 0 Å². The Labute approximate surface area is 88.9 Å². The zero-order valence-corrected chi connectivity index (χ0v) is 8.77. The summed E-state index contributed by atoms with van der Waals surface area (Å²) in [7, 11) is 0. The summed E-state index contributed by atoms with van der Waals surface area (Å²) in [6.45, 7) is 4.94. The van der Waals surface area contributed by atoms with Crippen LogP contribution in [0.1, 0.15) is 15.9 Å². The van der Waals surface area contributed by atoms with E-state index >= 15 is 0 Å². The van der Waals surface area contributed by atoms with Crippen LogP contribution in [0.3, 0.4) is 0 Å². The van der Waals surface area contributed by atoms with Gasteiger partial charge in [-0.25, -0.2) is 4.98 Å². The first-order valence-electron chi connectivity index (χ1n) is 5.06. The summed E-state index contributed by atoms with van der Waals surface area (Å²) >= 11 is 0. The fraction of sp³-hybridized carbons (Fsp3) is 0.455. The number of aldehydes is 1. The molecule has 0 unspecified atom stereocenters. The van der Waals surface area contributed by atoms with Crippen LogP contribution in [-0.2, 0) is 4.74 Å². The van der Waals surface area contributed by atoms with Gasteiger partial charge >= 0.3 is 0 Å². The van der Waals surface area contributed by atoms with Crippen molar-refractivity contribution in [2.24, 2.45) is 0 Å². The first-order chi connectivity index (χ1) is 7.33. The van der Waals surface area contributed by atoms with Gasteiger partial charge in [0.25, 0.3) is 0 Å². The van der Waals surface area contributed by atoms with Gasteiger partial charge in [0.05, 0.1) is 18.8 Å². The largest absolute Gasteiger partial charge is 0.378 e. The van der Waals surface area contributed by atoms with Gasteiger partial charge in [-0.15, -0.1) is 0 Å². The van der Waals surface area contributed by atoms with E-state index in [1.165, 1.54) is 0 Å². The van der Waals surface area contributed by atoms with Crippen LogP contribution >= 0.6 is 0 Å². The molecule has 0 atom stereocenters. The Morgan fingerprint density at radius 3 is 2.87 bits per heavy atom. The molecule has 1 saturated heterocycles. The van der Waals surface area contributed by atoms with Gasteiger partial charge in [-0.1, -0.05) is 0 Å². The monoisotopic (exact) mass is 206 g/mol. The van der Waals surface area contributed by atoms with Crippen LogP contribution in [0, 0.1) is 6.92 Å². The Morgan fingerprint density at radius 2 is 2.20 bits per heavy atom. The Balaban J connectivity index is 2.33. The summed E-state index contributed by atoms with van der Waals surface area (Å²) in [5, 5.41) is 0. The third-order valence-electron chi connectivity index (χ3n) is 2.62. The van der Waals surface area contributed by atoms with Crippen LogP contribution < -0.4 is 4.90 Å². The molecule has 4 heteroatoms. The van der Waals surface area contributed by atoms with E-state index in [1.54, 1.807) is 6.20 Å². The molecule has 1 aliphatic heterocycles. The number of aromatic nitrogens is 1. The number of hydrogen-bond donors (Lipinski definition) is 0. The highest BCUT2D eigenvalue weighted by molar-refractivity contribution is 5.84. The van der Waals surface area contributed by atoms with Gasteiger partial charge in [0, 0.05) is 19.3 Å². The molecule has 1 aromatic rings. The minimum atomic E-state index is 0.694. The summed E-state index contributed by atoms with van der Waals surface area (Å²) in [5.41, 5.74) is 1.67. The molecule has 0 bridgehead atoms. The summed E-state index contributed by atoms with van der Waals surface area (Å²) < 4.78 is 5.27. The second kappa shape index (κ2) is 4.40. The molecule has 0 saturated carbocycles. The summed E-state index contributed by atoms with van der Waals surface area (Å²) in [4.78, 5) is 17.4. The molecule has 1 aromatic heterocycles. The van der Waals surface area contributed by atoms with Gasteiger partial charge in [-0.3, -0.25) is 4.79 Å². The molecule has 0 radical (unpaired) electrons. The number of carbonyl (C=O) groups is 1. The van der Waals surface area contributed by atoms with E-state index in [-0.39, 0.29) is 0 Å². The average Bonchev–Trinajstić information content (AvgIpc) is 2.30. The lowest BCUT2D eigenvalue weighted by atomic mass is 10.1. The quantitative estimate of drug-likeness (QED) is 0.678. The minimum Gasteiger partial charge on any atom is -0.378 e. The summed E-state index contributed by atoms with van der Waals surface area (Å²) in [6.07, 6.45) is 2.63. The second-order valence-electron chi connectivity index (χ2n) is 3.58. The van der Waals surface area contributed by atoms with Crippen LogP contribution in [0.5, 0.6) is 0 Å². The minimum absolute atomic E-state index is 0.694. The first kappa shape index (κ1) is 10.1. The fourth-order valence-electron chi connectivity index (χ4n) is 1.73. The molecule has 2 rings (SSSR count). The maximum absolute atomic E-state index is 11.0. The lowest BCUT2D eigenvalue weighted by Crippen LogP contribution is -2.37. The van der Waals surface area contributed by atoms with Gasteiger partial charge in [-0.2, -0.15) is 0 Å². The summed E-state index contributed by atoms with van der Waals surface area (Å²) in [6, 6.07) is 1.85. The molecule has 2 heterocycles. The molecule has 4 nitrogen and oxygen atoms in total. The molecular weight excluding hydrogens is 192 g/mol. The molecule has 0 N–H and O–H groups in total. The third-order valence-corrected chi connectivity index (χ3v) is 2.62. The van der Waals surface area contributed by atoms with Crippen molar-refractivity contribution in [3.63, 3.8) is 0 Å². The van der Waals surface area contributed by atoms with Crippen LogP contribution in [0.15, 0.2) is 12.3 Å². The van der Waals surface area contributed by atoms with E-state index in [2.05, 4.69) is 9.88 Å². The molecule has 1 fully saturated rings. The number of nitrogens with zero attached hydrogens (tertiary/aromatic N) is 2. The van der Waals surface area contributed by atoms with Crippen molar-refractivity contribution in [1.82, 2.24) is 4.98 Å². The number of carbonyl (C=O) groups excluding carboxylic acids is 1.